The summed E-state index contributed by atoms with van der Waals surface area (Å²) in [4.78, 5) is 69.6. The summed E-state index contributed by atoms with van der Waals surface area (Å²) in [5, 5.41) is 29.7. The Morgan fingerprint density at radius 2 is 1.54 bits per heavy atom. The number of H-pyrrole nitrogens is 1. The second-order valence-electron chi connectivity index (χ2n) is 9.58. The number of nitrogens with two attached hydrogens (primary N) is 2. The zero-order chi connectivity index (χ0) is 29.5. The van der Waals surface area contributed by atoms with Crippen LogP contribution in [0.2, 0.25) is 0 Å². The highest BCUT2D eigenvalue weighted by Crippen LogP contribution is 2.08. The molecule has 1 aromatic heterocycles. The van der Waals surface area contributed by atoms with Gasteiger partial charge in [-0.2, -0.15) is 0 Å². The van der Waals surface area contributed by atoms with E-state index in [0.717, 1.165) is 0 Å². The number of unbranched alkanes of at least 4 members (excludes halogenated alkanes) is 1. The van der Waals surface area contributed by atoms with Crippen LogP contribution in [-0.2, 0) is 30.4 Å². The lowest BCUT2D eigenvalue weighted by Crippen LogP contribution is -2.61. The number of carboxylic acid groups (broad SMARTS) is 1. The van der Waals surface area contributed by atoms with Crippen LogP contribution in [0.4, 0.5) is 0 Å². The van der Waals surface area contributed by atoms with Gasteiger partial charge in [0, 0.05) is 31.3 Å². The highest BCUT2D eigenvalue weighted by molar-refractivity contribution is 5.95. The number of aromatic amines is 1. The number of hydrogen-bond acceptors (Lipinski definition) is 9. The van der Waals surface area contributed by atoms with Crippen molar-refractivity contribution in [2.45, 2.75) is 83.1 Å². The number of nitrogens with zero attached hydrogens (tertiary/aromatic N) is 1. The molecule has 0 aliphatic heterocycles. The Balaban J connectivity index is 3.00. The summed E-state index contributed by atoms with van der Waals surface area (Å²) in [6, 6.07) is -4.93. The number of imidazole rings is 1. The first-order chi connectivity index (χ1) is 18.4. The molecule has 0 aliphatic carbocycles. The van der Waals surface area contributed by atoms with Crippen molar-refractivity contribution >= 4 is 29.6 Å². The quantitative estimate of drug-likeness (QED) is 0.0861. The Morgan fingerprint density at radius 3 is 2.05 bits per heavy atom. The van der Waals surface area contributed by atoms with Crippen LogP contribution in [0, 0.1) is 5.92 Å². The highest BCUT2D eigenvalue weighted by Gasteiger charge is 2.34. The van der Waals surface area contributed by atoms with Gasteiger partial charge in [0.15, 0.2) is 0 Å². The van der Waals surface area contributed by atoms with Crippen LogP contribution in [-0.4, -0.2) is 93.1 Å². The molecule has 0 aromatic carbocycles. The molecule has 0 unspecified atom stereocenters. The Morgan fingerprint density at radius 1 is 0.897 bits per heavy atom. The number of carbonyl (C=O) groups is 5. The molecule has 5 atom stereocenters. The lowest BCUT2D eigenvalue weighted by Gasteiger charge is -2.28. The molecule has 0 bridgehead atoms. The number of carbonyl (C=O) groups excluding carboxylic acids is 4. The van der Waals surface area contributed by atoms with Gasteiger partial charge in [0.25, 0.3) is 0 Å². The van der Waals surface area contributed by atoms with Crippen molar-refractivity contribution in [1.82, 2.24) is 31.2 Å². The maximum Gasteiger partial charge on any atom is 0.326 e. The molecular weight excluding hydrogens is 512 g/mol. The summed E-state index contributed by atoms with van der Waals surface area (Å²) >= 11 is 0. The fourth-order valence-corrected chi connectivity index (χ4v) is 3.67. The zero-order valence-electron chi connectivity index (χ0n) is 22.6. The van der Waals surface area contributed by atoms with Gasteiger partial charge in [-0.25, -0.2) is 9.78 Å². The summed E-state index contributed by atoms with van der Waals surface area (Å²) in [6.45, 7) is 5.04. The lowest BCUT2D eigenvalue weighted by molar-refractivity contribution is -0.143. The molecule has 39 heavy (non-hydrogen) atoms. The summed E-state index contributed by atoms with van der Waals surface area (Å²) in [7, 11) is 0. The molecule has 0 saturated heterocycles. The van der Waals surface area contributed by atoms with Crippen LogP contribution in [0.5, 0.6) is 0 Å². The third-order valence-corrected chi connectivity index (χ3v) is 5.87. The minimum atomic E-state index is -1.48. The first kappa shape index (κ1) is 33.5. The molecule has 1 heterocycles. The van der Waals surface area contributed by atoms with Crippen LogP contribution in [0.1, 0.15) is 52.1 Å². The molecule has 0 spiro atoms. The van der Waals surface area contributed by atoms with Gasteiger partial charge < -0.3 is 47.9 Å². The fourth-order valence-electron chi connectivity index (χ4n) is 3.67. The van der Waals surface area contributed by atoms with Crippen LogP contribution < -0.4 is 32.7 Å². The van der Waals surface area contributed by atoms with E-state index in [1.54, 1.807) is 13.8 Å². The second-order valence-corrected chi connectivity index (χ2v) is 9.58. The van der Waals surface area contributed by atoms with Gasteiger partial charge in [-0.3, -0.25) is 19.2 Å². The summed E-state index contributed by atoms with van der Waals surface area (Å²) in [5.41, 5.74) is 11.4. The van der Waals surface area contributed by atoms with E-state index >= 15 is 0 Å². The van der Waals surface area contributed by atoms with E-state index in [1.807, 2.05) is 0 Å². The predicted molar refractivity (Wildman–Crippen MR) is 141 cm³/mol. The highest BCUT2D eigenvalue weighted by atomic mass is 16.4. The molecule has 15 nitrogen and oxygen atoms in total. The second kappa shape index (κ2) is 17.1. The zero-order valence-corrected chi connectivity index (χ0v) is 22.6. The maximum absolute atomic E-state index is 13.1. The predicted octanol–water partition coefficient (Wildman–Crippen LogP) is -2.51. The first-order valence-corrected chi connectivity index (χ1v) is 12.9. The molecule has 0 radical (unpaired) electrons. The normalized spacial score (nSPS) is 14.9. The van der Waals surface area contributed by atoms with Gasteiger partial charge in [0.2, 0.25) is 23.6 Å². The van der Waals surface area contributed by atoms with Crippen molar-refractivity contribution in [3.8, 4) is 0 Å². The molecule has 1 rings (SSSR count). The summed E-state index contributed by atoms with van der Waals surface area (Å²) in [5.74, 6) is -4.50. The van der Waals surface area contributed by atoms with Crippen molar-refractivity contribution in [3.05, 3.63) is 18.2 Å². The number of aliphatic carboxylic acids is 1. The van der Waals surface area contributed by atoms with Crippen LogP contribution in [0.25, 0.3) is 0 Å². The van der Waals surface area contributed by atoms with E-state index in [4.69, 9.17) is 11.5 Å². The first-order valence-electron chi connectivity index (χ1n) is 12.9. The lowest BCUT2D eigenvalue weighted by atomic mass is 10.0. The number of hydrogen-bond donors (Lipinski definition) is 9. The number of amides is 4. The van der Waals surface area contributed by atoms with E-state index < -0.39 is 65.8 Å². The average molecular weight is 555 g/mol. The molecule has 11 N–H and O–H groups in total. The van der Waals surface area contributed by atoms with Gasteiger partial charge in [0.1, 0.15) is 24.2 Å². The van der Waals surface area contributed by atoms with E-state index in [9.17, 15) is 34.2 Å². The van der Waals surface area contributed by atoms with Crippen LogP contribution in [0.15, 0.2) is 12.5 Å². The molecular formula is C24H42N8O7. The number of nitrogens with one attached hydrogen (secondary N) is 5. The van der Waals surface area contributed by atoms with Crippen molar-refractivity contribution in [1.29, 1.82) is 0 Å². The Hall–Kier alpha value is -3.56. The Labute approximate surface area is 227 Å². The molecule has 15 heteroatoms. The van der Waals surface area contributed by atoms with E-state index in [1.165, 1.54) is 19.4 Å². The van der Waals surface area contributed by atoms with E-state index in [0.29, 0.717) is 25.1 Å². The van der Waals surface area contributed by atoms with Gasteiger partial charge in [0.05, 0.1) is 12.4 Å². The van der Waals surface area contributed by atoms with Crippen molar-refractivity contribution < 1.29 is 34.2 Å². The minimum Gasteiger partial charge on any atom is -0.480 e. The molecule has 1 aromatic rings. The monoisotopic (exact) mass is 554 g/mol. The van der Waals surface area contributed by atoms with Crippen LogP contribution >= 0.6 is 0 Å². The van der Waals surface area contributed by atoms with Crippen molar-refractivity contribution in [3.63, 3.8) is 0 Å². The van der Waals surface area contributed by atoms with Gasteiger partial charge in [-0.1, -0.05) is 13.8 Å². The number of aliphatic hydroxyl groups excluding tert-OH is 1. The summed E-state index contributed by atoms with van der Waals surface area (Å²) in [6.07, 6.45) is 2.74. The molecule has 0 saturated carbocycles. The smallest absolute Gasteiger partial charge is 0.326 e. The molecule has 220 valence electrons. The van der Waals surface area contributed by atoms with E-state index in [2.05, 4.69) is 31.2 Å². The fraction of sp³-hybridized carbons (Fsp3) is 0.667. The summed E-state index contributed by atoms with van der Waals surface area (Å²) < 4.78 is 0. The largest absolute Gasteiger partial charge is 0.480 e. The van der Waals surface area contributed by atoms with E-state index in [-0.39, 0.29) is 25.8 Å². The van der Waals surface area contributed by atoms with Gasteiger partial charge in [-0.05, 0) is 38.6 Å². The molecule has 4 amide bonds. The number of aromatic nitrogens is 2. The van der Waals surface area contributed by atoms with Crippen molar-refractivity contribution in [2.75, 3.05) is 13.1 Å². The standard InChI is InChI=1S/C24H42N8O7/c1-13(2)19(22(36)30-16(24(38)39)6-4-5-8-25)31-23(37)20(14(3)33)32-21(35)17(29-18(34)7-9-26)10-15-11-27-12-28-15/h11-14,16-17,19-20,33H,4-10,25-26H2,1-3H3,(H,27,28)(H,29,34)(H,30,36)(H,31,37)(H,32,35)(H,38,39)/t14-,16+,17+,19+,20+/m1/s1. The number of rotatable bonds is 18. The van der Waals surface area contributed by atoms with Crippen LogP contribution in [0.3, 0.4) is 0 Å². The molecule has 0 fully saturated rings. The number of aliphatic hydroxyl groups is 1. The topological polar surface area (TPSA) is 255 Å². The average Bonchev–Trinajstić information content (AvgIpc) is 3.37. The Bertz CT molecular complexity index is 939. The van der Waals surface area contributed by atoms with Gasteiger partial charge >= 0.3 is 5.97 Å². The van der Waals surface area contributed by atoms with Crippen molar-refractivity contribution in [2.24, 2.45) is 17.4 Å². The minimum absolute atomic E-state index is 0.0219. The SMILES string of the molecule is CC(C)[C@H](NC(=O)[C@@H](NC(=O)[C@H](Cc1cnc[nH]1)NC(=O)CCN)[C@@H](C)O)C(=O)N[C@@H](CCCCN)C(=O)O. The van der Waals surface area contributed by atoms with Gasteiger partial charge in [-0.15, -0.1) is 0 Å². The Kier molecular flexibility index (Phi) is 14.7. The third-order valence-electron chi connectivity index (χ3n) is 5.87. The molecule has 0 aliphatic rings. The number of carboxylic acids is 1. The maximum atomic E-state index is 13.1. The third kappa shape index (κ3) is 11.8.